The third-order valence-corrected chi connectivity index (χ3v) is 6.75. The Morgan fingerprint density at radius 2 is 1.71 bits per heavy atom. The summed E-state index contributed by atoms with van der Waals surface area (Å²) >= 11 is 0. The van der Waals surface area contributed by atoms with Crippen LogP contribution in [0.2, 0.25) is 0 Å². The first kappa shape index (κ1) is 18.9. The number of aromatic nitrogens is 1. The van der Waals surface area contributed by atoms with Crippen LogP contribution in [0.4, 0.5) is 0 Å². The van der Waals surface area contributed by atoms with Crippen LogP contribution in [0.25, 0.3) is 22.8 Å². The highest BCUT2D eigenvalue weighted by atomic mass is 32.2. The first-order valence-corrected chi connectivity index (χ1v) is 10.7. The smallest absolute Gasteiger partial charge is 0.264 e. The molecule has 0 bridgehead atoms. The summed E-state index contributed by atoms with van der Waals surface area (Å²) in [6, 6.07) is 18.4. The minimum Gasteiger partial charge on any atom is -0.435 e. The minimum atomic E-state index is -3.83. The van der Waals surface area contributed by atoms with Gasteiger partial charge in [-0.3, -0.25) is 0 Å². The van der Waals surface area contributed by atoms with E-state index in [1.165, 1.54) is 4.31 Å². The van der Waals surface area contributed by atoms with Crippen LogP contribution in [0.15, 0.2) is 70.1 Å². The molecule has 1 aliphatic rings. The lowest BCUT2D eigenvalue weighted by Gasteiger charge is -2.22. The van der Waals surface area contributed by atoms with Gasteiger partial charge in [-0.2, -0.15) is 9.29 Å². The lowest BCUT2D eigenvalue weighted by molar-refractivity contribution is 0.149. The van der Waals surface area contributed by atoms with E-state index >= 15 is 0 Å². The summed E-state index contributed by atoms with van der Waals surface area (Å²) < 4.78 is 39.7. The first-order valence-electron chi connectivity index (χ1n) is 9.23. The van der Waals surface area contributed by atoms with Crippen molar-refractivity contribution in [1.82, 2.24) is 9.29 Å². The van der Waals surface area contributed by atoms with Gasteiger partial charge in [0.2, 0.25) is 10.9 Å². The van der Waals surface area contributed by atoms with Gasteiger partial charge in [0.1, 0.15) is 0 Å². The maximum atomic E-state index is 13.5. The van der Waals surface area contributed by atoms with Gasteiger partial charge >= 0.3 is 0 Å². The van der Waals surface area contributed by atoms with Gasteiger partial charge in [0, 0.05) is 30.8 Å². The fourth-order valence-electron chi connectivity index (χ4n) is 3.55. The molecule has 0 aliphatic carbocycles. The summed E-state index contributed by atoms with van der Waals surface area (Å²) in [7, 11) is -2.24. The van der Waals surface area contributed by atoms with E-state index in [2.05, 4.69) is 4.98 Å². The van der Waals surface area contributed by atoms with Crippen molar-refractivity contribution >= 4 is 10.0 Å². The van der Waals surface area contributed by atoms with Gasteiger partial charge in [-0.25, -0.2) is 8.42 Å². The van der Waals surface area contributed by atoms with Crippen LogP contribution in [-0.2, 0) is 14.8 Å². The van der Waals surface area contributed by atoms with E-state index in [1.807, 2.05) is 60.7 Å². The second-order valence-corrected chi connectivity index (χ2v) is 8.56. The summed E-state index contributed by atoms with van der Waals surface area (Å²) in [4.78, 5) is 4.43. The van der Waals surface area contributed by atoms with Crippen LogP contribution in [-0.4, -0.2) is 44.0 Å². The fraction of sp³-hybridized carbons (Fsp3) is 0.286. The molecule has 2 heterocycles. The summed E-state index contributed by atoms with van der Waals surface area (Å²) in [6.07, 6.45) is 1.58. The quantitative estimate of drug-likeness (QED) is 0.631. The van der Waals surface area contributed by atoms with E-state index in [1.54, 1.807) is 7.11 Å². The Kier molecular flexibility index (Phi) is 5.30. The van der Waals surface area contributed by atoms with Crippen molar-refractivity contribution in [3.05, 3.63) is 60.7 Å². The third kappa shape index (κ3) is 3.48. The minimum absolute atomic E-state index is 0.0412. The average Bonchev–Trinajstić information content (AvgIpc) is 3.38. The van der Waals surface area contributed by atoms with E-state index in [0.717, 1.165) is 18.4 Å². The molecule has 1 aromatic heterocycles. The SMILES string of the molecule is COC[C@H]1CCCN1S(=O)(=O)c1nc(-c2ccccc2)oc1-c1ccccc1. The molecule has 4 rings (SSSR count). The summed E-state index contributed by atoms with van der Waals surface area (Å²) in [5, 5.41) is -0.0412. The predicted octanol–water partition coefficient (Wildman–Crippen LogP) is 3.81. The molecule has 0 N–H and O–H groups in total. The lowest BCUT2D eigenvalue weighted by Crippen LogP contribution is -2.38. The van der Waals surface area contributed by atoms with E-state index in [4.69, 9.17) is 9.15 Å². The molecule has 1 fully saturated rings. The van der Waals surface area contributed by atoms with Gasteiger partial charge in [-0.15, -0.1) is 0 Å². The standard InChI is InChI=1S/C21H22N2O4S/c1-26-15-18-13-8-14-23(18)28(24,25)21-19(16-9-4-2-5-10-16)27-20(22-21)17-11-6-3-7-12-17/h2-7,9-12,18H,8,13-15H2,1H3/t18-/m1/s1. The third-order valence-electron chi connectivity index (χ3n) is 4.89. The zero-order valence-electron chi connectivity index (χ0n) is 15.6. The summed E-state index contributed by atoms with van der Waals surface area (Å²) in [5.74, 6) is 0.558. The number of oxazole rings is 1. The molecule has 2 aromatic carbocycles. The normalized spacial score (nSPS) is 17.8. The van der Waals surface area contributed by atoms with Gasteiger partial charge in [-0.1, -0.05) is 48.5 Å². The number of hydrogen-bond donors (Lipinski definition) is 0. The Morgan fingerprint density at radius 1 is 1.07 bits per heavy atom. The molecule has 1 aliphatic heterocycles. The van der Waals surface area contributed by atoms with Crippen molar-refractivity contribution in [3.63, 3.8) is 0 Å². The molecule has 3 aromatic rings. The van der Waals surface area contributed by atoms with Crippen molar-refractivity contribution in [2.24, 2.45) is 0 Å². The molecule has 0 amide bonds. The highest BCUT2D eigenvalue weighted by Crippen LogP contribution is 2.36. The Labute approximate surface area is 164 Å². The molecule has 146 valence electrons. The fourth-order valence-corrected chi connectivity index (χ4v) is 5.30. The summed E-state index contributed by atoms with van der Waals surface area (Å²) in [5.41, 5.74) is 1.41. The highest BCUT2D eigenvalue weighted by Gasteiger charge is 2.39. The van der Waals surface area contributed by atoms with Crippen molar-refractivity contribution in [3.8, 4) is 22.8 Å². The second-order valence-electron chi connectivity index (χ2n) is 6.75. The van der Waals surface area contributed by atoms with Crippen LogP contribution < -0.4 is 0 Å². The lowest BCUT2D eigenvalue weighted by atomic mass is 10.2. The topological polar surface area (TPSA) is 72.6 Å². The van der Waals surface area contributed by atoms with Crippen LogP contribution in [0.3, 0.4) is 0 Å². The maximum absolute atomic E-state index is 13.5. The number of benzene rings is 2. The molecule has 1 saturated heterocycles. The van der Waals surface area contributed by atoms with Crippen molar-refractivity contribution in [2.45, 2.75) is 23.9 Å². The van der Waals surface area contributed by atoms with Crippen LogP contribution in [0.5, 0.6) is 0 Å². The number of methoxy groups -OCH3 is 1. The Hall–Kier alpha value is -2.48. The van der Waals surface area contributed by atoms with Crippen LogP contribution in [0, 0.1) is 0 Å². The van der Waals surface area contributed by atoms with E-state index in [0.29, 0.717) is 24.6 Å². The largest absolute Gasteiger partial charge is 0.435 e. The average molecular weight is 398 g/mol. The predicted molar refractivity (Wildman–Crippen MR) is 106 cm³/mol. The highest BCUT2D eigenvalue weighted by molar-refractivity contribution is 7.89. The molecule has 0 radical (unpaired) electrons. The number of hydrogen-bond acceptors (Lipinski definition) is 5. The van der Waals surface area contributed by atoms with E-state index < -0.39 is 10.0 Å². The van der Waals surface area contributed by atoms with Gasteiger partial charge in [0.25, 0.3) is 10.0 Å². The zero-order valence-corrected chi connectivity index (χ0v) is 16.4. The van der Waals surface area contributed by atoms with Gasteiger partial charge in [-0.05, 0) is 25.0 Å². The van der Waals surface area contributed by atoms with Crippen LogP contribution >= 0.6 is 0 Å². The molecule has 0 spiro atoms. The molecule has 0 unspecified atom stereocenters. The van der Waals surface area contributed by atoms with Crippen molar-refractivity contribution in [2.75, 3.05) is 20.3 Å². The maximum Gasteiger partial charge on any atom is 0.264 e. The molecule has 1 atom stereocenters. The molecule has 0 saturated carbocycles. The van der Waals surface area contributed by atoms with E-state index in [-0.39, 0.29) is 16.8 Å². The monoisotopic (exact) mass is 398 g/mol. The molecular weight excluding hydrogens is 376 g/mol. The van der Waals surface area contributed by atoms with Crippen molar-refractivity contribution < 1.29 is 17.6 Å². The van der Waals surface area contributed by atoms with Gasteiger partial charge < -0.3 is 9.15 Å². The molecule has 6 nitrogen and oxygen atoms in total. The molecule has 28 heavy (non-hydrogen) atoms. The van der Waals surface area contributed by atoms with E-state index in [9.17, 15) is 8.42 Å². The molecule has 7 heteroatoms. The zero-order chi connectivity index (χ0) is 19.6. The number of rotatable bonds is 6. The number of sulfonamides is 1. The molecular formula is C21H22N2O4S. The summed E-state index contributed by atoms with van der Waals surface area (Å²) in [6.45, 7) is 0.821. The number of ether oxygens (including phenoxy) is 1. The first-order chi connectivity index (χ1) is 13.6. The van der Waals surface area contributed by atoms with Gasteiger partial charge in [0.05, 0.1) is 6.61 Å². The Bertz CT molecular complexity index is 1030. The van der Waals surface area contributed by atoms with Crippen LogP contribution in [0.1, 0.15) is 12.8 Å². The van der Waals surface area contributed by atoms with Gasteiger partial charge in [0.15, 0.2) is 5.76 Å². The Balaban J connectivity index is 1.84. The Morgan fingerprint density at radius 3 is 2.36 bits per heavy atom. The second kappa shape index (κ2) is 7.87. The van der Waals surface area contributed by atoms with Crippen molar-refractivity contribution in [1.29, 1.82) is 0 Å². The number of nitrogens with zero attached hydrogens (tertiary/aromatic N) is 2.